The van der Waals surface area contributed by atoms with Crippen molar-refractivity contribution in [2.24, 2.45) is 5.92 Å². The van der Waals surface area contributed by atoms with Crippen LogP contribution in [-0.4, -0.2) is 29.2 Å². The zero-order valence-electron chi connectivity index (χ0n) is 10.5. The van der Waals surface area contributed by atoms with Crippen LogP contribution in [0.2, 0.25) is 0 Å². The highest BCUT2D eigenvalue weighted by atomic mass is 16.4. The molecule has 0 aromatic rings. The minimum atomic E-state index is -0.877. The molecule has 0 aliphatic heterocycles. The standard InChI is InChI=1S/C11H22N2O3/c1-5-8(9(14)15)7-12-10(16)13-11(3,4)6-2/h8H,5-7H2,1-4H3,(H,14,15)(H2,12,13,16). The molecular formula is C11H22N2O3. The molecule has 1 unspecified atom stereocenters. The van der Waals surface area contributed by atoms with E-state index in [-0.39, 0.29) is 18.1 Å². The number of urea groups is 1. The highest BCUT2D eigenvalue weighted by Gasteiger charge is 2.20. The van der Waals surface area contributed by atoms with Crippen molar-refractivity contribution in [3.8, 4) is 0 Å². The maximum absolute atomic E-state index is 11.4. The van der Waals surface area contributed by atoms with Gasteiger partial charge in [-0.1, -0.05) is 13.8 Å². The van der Waals surface area contributed by atoms with E-state index in [1.165, 1.54) is 0 Å². The maximum atomic E-state index is 11.4. The van der Waals surface area contributed by atoms with Crippen LogP contribution in [0.1, 0.15) is 40.5 Å². The van der Waals surface area contributed by atoms with Gasteiger partial charge >= 0.3 is 12.0 Å². The molecule has 16 heavy (non-hydrogen) atoms. The lowest BCUT2D eigenvalue weighted by molar-refractivity contribution is -0.141. The zero-order valence-corrected chi connectivity index (χ0v) is 10.5. The summed E-state index contributed by atoms with van der Waals surface area (Å²) in [4.78, 5) is 22.2. The van der Waals surface area contributed by atoms with Crippen molar-refractivity contribution in [1.82, 2.24) is 10.6 Å². The quantitative estimate of drug-likeness (QED) is 0.648. The molecule has 3 N–H and O–H groups in total. The van der Waals surface area contributed by atoms with Crippen molar-refractivity contribution in [3.63, 3.8) is 0 Å². The predicted molar refractivity (Wildman–Crippen MR) is 62.3 cm³/mol. The number of carbonyl (C=O) groups excluding carboxylic acids is 1. The first-order valence-electron chi connectivity index (χ1n) is 5.61. The van der Waals surface area contributed by atoms with Crippen LogP contribution in [0.3, 0.4) is 0 Å². The lowest BCUT2D eigenvalue weighted by Gasteiger charge is -2.25. The fourth-order valence-corrected chi connectivity index (χ4v) is 1.06. The second-order valence-corrected chi connectivity index (χ2v) is 4.52. The van der Waals surface area contributed by atoms with E-state index in [4.69, 9.17) is 5.11 Å². The Balaban J connectivity index is 4.03. The van der Waals surface area contributed by atoms with Gasteiger partial charge in [0.25, 0.3) is 0 Å². The normalized spacial score (nSPS) is 13.0. The summed E-state index contributed by atoms with van der Waals surface area (Å²) in [5.41, 5.74) is -0.269. The summed E-state index contributed by atoms with van der Waals surface area (Å²) in [5, 5.41) is 14.1. The number of carboxylic acid groups (broad SMARTS) is 1. The fourth-order valence-electron chi connectivity index (χ4n) is 1.06. The van der Waals surface area contributed by atoms with E-state index >= 15 is 0 Å². The van der Waals surface area contributed by atoms with Crippen LogP contribution in [0, 0.1) is 5.92 Å². The Hall–Kier alpha value is -1.26. The number of nitrogens with one attached hydrogen (secondary N) is 2. The second kappa shape index (κ2) is 6.35. The number of aliphatic carboxylic acids is 1. The summed E-state index contributed by atoms with van der Waals surface area (Å²) in [6.07, 6.45) is 1.32. The van der Waals surface area contributed by atoms with Gasteiger partial charge < -0.3 is 15.7 Å². The molecule has 0 rings (SSSR count). The highest BCUT2D eigenvalue weighted by Crippen LogP contribution is 2.06. The molecule has 0 aliphatic carbocycles. The first-order valence-corrected chi connectivity index (χ1v) is 5.61. The van der Waals surface area contributed by atoms with Gasteiger partial charge in [0.1, 0.15) is 0 Å². The van der Waals surface area contributed by atoms with E-state index in [9.17, 15) is 9.59 Å². The van der Waals surface area contributed by atoms with Gasteiger partial charge in [-0.2, -0.15) is 0 Å². The van der Waals surface area contributed by atoms with Crippen molar-refractivity contribution < 1.29 is 14.7 Å². The SMILES string of the molecule is CCC(CNC(=O)NC(C)(C)CC)C(=O)O. The van der Waals surface area contributed by atoms with Crippen molar-refractivity contribution in [3.05, 3.63) is 0 Å². The zero-order chi connectivity index (χ0) is 12.8. The molecule has 0 aromatic heterocycles. The Labute approximate surface area is 96.6 Å². The number of amides is 2. The molecule has 0 fully saturated rings. The van der Waals surface area contributed by atoms with Crippen LogP contribution < -0.4 is 10.6 Å². The summed E-state index contributed by atoms with van der Waals surface area (Å²) < 4.78 is 0. The molecular weight excluding hydrogens is 208 g/mol. The topological polar surface area (TPSA) is 78.4 Å². The van der Waals surface area contributed by atoms with Gasteiger partial charge in [0, 0.05) is 12.1 Å². The minimum Gasteiger partial charge on any atom is -0.481 e. The molecule has 5 heteroatoms. The smallest absolute Gasteiger partial charge is 0.315 e. The van der Waals surface area contributed by atoms with Crippen molar-refractivity contribution in [2.75, 3.05) is 6.54 Å². The third-order valence-electron chi connectivity index (χ3n) is 2.69. The maximum Gasteiger partial charge on any atom is 0.315 e. The van der Waals surface area contributed by atoms with E-state index in [0.717, 1.165) is 6.42 Å². The average Bonchev–Trinajstić information content (AvgIpc) is 2.17. The molecule has 0 aromatic carbocycles. The minimum absolute atomic E-state index is 0.164. The Bertz CT molecular complexity index is 252. The summed E-state index contributed by atoms with van der Waals surface area (Å²) in [5.74, 6) is -1.40. The summed E-state index contributed by atoms with van der Waals surface area (Å²) in [7, 11) is 0. The molecule has 1 atom stereocenters. The Morgan fingerprint density at radius 2 is 1.88 bits per heavy atom. The van der Waals surface area contributed by atoms with E-state index in [0.29, 0.717) is 6.42 Å². The molecule has 0 aliphatic rings. The van der Waals surface area contributed by atoms with Gasteiger partial charge in [0.15, 0.2) is 0 Å². The first kappa shape index (κ1) is 14.7. The summed E-state index contributed by atoms with van der Waals surface area (Å²) in [6, 6.07) is -0.313. The molecule has 94 valence electrons. The molecule has 2 amide bonds. The largest absolute Gasteiger partial charge is 0.481 e. The van der Waals surface area contributed by atoms with E-state index in [1.807, 2.05) is 20.8 Å². The Morgan fingerprint density at radius 1 is 1.31 bits per heavy atom. The van der Waals surface area contributed by atoms with E-state index < -0.39 is 11.9 Å². The Kier molecular flexibility index (Phi) is 5.85. The average molecular weight is 230 g/mol. The van der Waals surface area contributed by atoms with Gasteiger partial charge in [-0.3, -0.25) is 4.79 Å². The van der Waals surface area contributed by atoms with Crippen molar-refractivity contribution in [1.29, 1.82) is 0 Å². The van der Waals surface area contributed by atoms with Crippen LogP contribution in [0.25, 0.3) is 0 Å². The lowest BCUT2D eigenvalue weighted by atomic mass is 10.0. The number of hydrogen-bond acceptors (Lipinski definition) is 2. The monoisotopic (exact) mass is 230 g/mol. The van der Waals surface area contributed by atoms with Crippen molar-refractivity contribution >= 4 is 12.0 Å². The van der Waals surface area contributed by atoms with Gasteiger partial charge in [-0.15, -0.1) is 0 Å². The van der Waals surface area contributed by atoms with Gasteiger partial charge in [-0.25, -0.2) is 4.79 Å². The summed E-state index contributed by atoms with van der Waals surface area (Å²) in [6.45, 7) is 7.76. The molecule has 0 radical (unpaired) electrons. The summed E-state index contributed by atoms with van der Waals surface area (Å²) >= 11 is 0. The molecule has 5 nitrogen and oxygen atoms in total. The van der Waals surface area contributed by atoms with E-state index in [2.05, 4.69) is 10.6 Å². The van der Waals surface area contributed by atoms with Crippen LogP contribution >= 0.6 is 0 Å². The fraction of sp³-hybridized carbons (Fsp3) is 0.818. The van der Waals surface area contributed by atoms with Gasteiger partial charge in [0.05, 0.1) is 5.92 Å². The van der Waals surface area contributed by atoms with Crippen LogP contribution in [0.4, 0.5) is 4.79 Å². The van der Waals surface area contributed by atoms with Crippen molar-refractivity contribution in [2.45, 2.75) is 46.1 Å². The third kappa shape index (κ3) is 5.58. The van der Waals surface area contributed by atoms with Crippen LogP contribution in [0.5, 0.6) is 0 Å². The first-order chi connectivity index (χ1) is 7.32. The number of rotatable bonds is 6. The molecule has 0 saturated carbocycles. The van der Waals surface area contributed by atoms with Gasteiger partial charge in [-0.05, 0) is 26.7 Å². The van der Waals surface area contributed by atoms with Crippen LogP contribution in [-0.2, 0) is 4.79 Å². The van der Waals surface area contributed by atoms with Gasteiger partial charge in [0.2, 0.25) is 0 Å². The molecule has 0 heterocycles. The molecule has 0 saturated heterocycles. The second-order valence-electron chi connectivity index (χ2n) is 4.52. The van der Waals surface area contributed by atoms with Crippen LogP contribution in [0.15, 0.2) is 0 Å². The predicted octanol–water partition coefficient (Wildman–Crippen LogP) is 1.58. The Morgan fingerprint density at radius 3 is 2.25 bits per heavy atom. The molecule has 0 bridgehead atoms. The number of carboxylic acids is 1. The highest BCUT2D eigenvalue weighted by molar-refractivity contribution is 5.76. The third-order valence-corrected chi connectivity index (χ3v) is 2.69. The molecule has 0 spiro atoms. The number of hydrogen-bond donors (Lipinski definition) is 3. The van der Waals surface area contributed by atoms with E-state index in [1.54, 1.807) is 6.92 Å². The number of carbonyl (C=O) groups is 2. The lowest BCUT2D eigenvalue weighted by Crippen LogP contribution is -2.49.